The number of hydrogen-bond donors (Lipinski definition) is 0. The van der Waals surface area contributed by atoms with Crippen molar-refractivity contribution in [1.29, 1.82) is 0 Å². The van der Waals surface area contributed by atoms with Gasteiger partial charge in [-0.05, 0) is 29.0 Å². The van der Waals surface area contributed by atoms with Crippen molar-refractivity contribution in [2.24, 2.45) is 0 Å². The average molecular weight is 278 g/mol. The van der Waals surface area contributed by atoms with Gasteiger partial charge in [0.2, 0.25) is 0 Å². The van der Waals surface area contributed by atoms with Gasteiger partial charge in [-0.1, -0.05) is 18.2 Å². The van der Waals surface area contributed by atoms with Crippen LogP contribution in [0, 0.1) is 0 Å². The monoisotopic (exact) mass is 278 g/mol. The van der Waals surface area contributed by atoms with Gasteiger partial charge in [0, 0.05) is 26.5 Å². The van der Waals surface area contributed by atoms with E-state index in [1.165, 1.54) is 0 Å². The molecule has 0 radical (unpaired) electrons. The van der Waals surface area contributed by atoms with Crippen molar-refractivity contribution in [3.63, 3.8) is 0 Å². The van der Waals surface area contributed by atoms with Crippen molar-refractivity contribution in [2.75, 3.05) is 28.4 Å². The van der Waals surface area contributed by atoms with Crippen LogP contribution in [0.2, 0.25) is 0 Å². The van der Waals surface area contributed by atoms with Gasteiger partial charge in [-0.3, -0.25) is 0 Å². The van der Waals surface area contributed by atoms with E-state index >= 15 is 0 Å². The Bertz CT molecular complexity index is 558. The minimum Gasteiger partial charge on any atom is -0.497 e. The summed E-state index contributed by atoms with van der Waals surface area (Å²) >= 11 is 0. The van der Waals surface area contributed by atoms with Crippen molar-refractivity contribution < 1.29 is 18.0 Å². The summed E-state index contributed by atoms with van der Waals surface area (Å²) in [4.78, 5) is 0. The molecule has 0 saturated carbocycles. The summed E-state index contributed by atoms with van der Waals surface area (Å²) < 4.78 is 21.7. The topological polar surface area (TPSA) is 36.9 Å². The first kappa shape index (κ1) is 14.0. The largest absolute Gasteiger partial charge is 0.536 e. The predicted octanol–water partition coefficient (Wildman–Crippen LogP) is 1.93. The van der Waals surface area contributed by atoms with Gasteiger partial charge in [0.05, 0.1) is 7.11 Å². The molecule has 0 aliphatic heterocycles. The molecule has 0 amide bonds. The highest BCUT2D eigenvalue weighted by Crippen LogP contribution is 2.21. The molecule has 0 saturated heterocycles. The second-order valence-electron chi connectivity index (χ2n) is 4.10. The molecular weight excluding hydrogens is 260 g/mol. The molecule has 0 aromatic heterocycles. The van der Waals surface area contributed by atoms with E-state index in [1.807, 2.05) is 36.4 Å². The molecule has 19 heavy (non-hydrogen) atoms. The van der Waals surface area contributed by atoms with E-state index < -0.39 is 8.80 Å². The van der Waals surface area contributed by atoms with Crippen molar-refractivity contribution in [1.82, 2.24) is 0 Å². The van der Waals surface area contributed by atoms with Crippen molar-refractivity contribution >= 4 is 24.8 Å². The van der Waals surface area contributed by atoms with E-state index in [2.05, 4.69) is 0 Å². The highest BCUT2D eigenvalue weighted by molar-refractivity contribution is 6.75. The molecule has 2 aromatic rings. The van der Waals surface area contributed by atoms with Gasteiger partial charge < -0.3 is 18.0 Å². The number of benzene rings is 2. The summed E-state index contributed by atoms with van der Waals surface area (Å²) in [5.41, 5.74) is 0. The molecule has 4 nitrogen and oxygen atoms in total. The Morgan fingerprint density at radius 2 is 1.32 bits per heavy atom. The molecule has 2 aromatic carbocycles. The third-order valence-electron chi connectivity index (χ3n) is 3.21. The first-order valence-corrected chi connectivity index (χ1v) is 7.65. The summed E-state index contributed by atoms with van der Waals surface area (Å²) in [6.07, 6.45) is 0. The fourth-order valence-corrected chi connectivity index (χ4v) is 3.97. The smallest absolute Gasteiger partial charge is 0.497 e. The van der Waals surface area contributed by atoms with Crippen LogP contribution in [0.1, 0.15) is 0 Å². The number of ether oxygens (including phenoxy) is 1. The SMILES string of the molecule is COc1ccc2cc([Si](OC)(OC)OC)ccc2c1. The Morgan fingerprint density at radius 1 is 0.737 bits per heavy atom. The molecule has 0 fully saturated rings. The van der Waals surface area contributed by atoms with E-state index in [4.69, 9.17) is 18.0 Å². The van der Waals surface area contributed by atoms with E-state index in [0.717, 1.165) is 21.7 Å². The number of fused-ring (bicyclic) bond motifs is 1. The van der Waals surface area contributed by atoms with Gasteiger partial charge in [0.15, 0.2) is 0 Å². The lowest BCUT2D eigenvalue weighted by atomic mass is 10.1. The summed E-state index contributed by atoms with van der Waals surface area (Å²) in [5, 5.41) is 3.15. The van der Waals surface area contributed by atoms with Crippen LogP contribution in [0.25, 0.3) is 10.8 Å². The molecule has 0 atom stereocenters. The average Bonchev–Trinajstić information content (AvgIpc) is 2.49. The molecule has 0 spiro atoms. The molecule has 0 aliphatic rings. The van der Waals surface area contributed by atoms with Gasteiger partial charge in [-0.2, -0.15) is 0 Å². The Kier molecular flexibility index (Phi) is 4.21. The predicted molar refractivity (Wildman–Crippen MR) is 76.9 cm³/mol. The number of rotatable bonds is 5. The highest BCUT2D eigenvalue weighted by atomic mass is 28.4. The van der Waals surface area contributed by atoms with Gasteiger partial charge in [-0.25, -0.2) is 0 Å². The fraction of sp³-hybridized carbons (Fsp3) is 0.286. The number of methoxy groups -OCH3 is 1. The quantitative estimate of drug-likeness (QED) is 0.783. The van der Waals surface area contributed by atoms with Crippen molar-refractivity contribution in [3.05, 3.63) is 36.4 Å². The number of hydrogen-bond acceptors (Lipinski definition) is 4. The van der Waals surface area contributed by atoms with Crippen LogP contribution >= 0.6 is 0 Å². The molecule has 0 unspecified atom stereocenters. The minimum atomic E-state index is -2.76. The lowest BCUT2D eigenvalue weighted by molar-refractivity contribution is 0.140. The van der Waals surface area contributed by atoms with E-state index in [0.29, 0.717) is 0 Å². The summed E-state index contributed by atoms with van der Waals surface area (Å²) in [6, 6.07) is 12.0. The molecule has 0 heterocycles. The third kappa shape index (κ3) is 2.50. The van der Waals surface area contributed by atoms with Gasteiger partial charge in [-0.15, -0.1) is 0 Å². The van der Waals surface area contributed by atoms with Crippen molar-refractivity contribution in [2.45, 2.75) is 0 Å². The van der Waals surface area contributed by atoms with Crippen LogP contribution in [0.4, 0.5) is 0 Å². The molecule has 0 bridgehead atoms. The van der Waals surface area contributed by atoms with Gasteiger partial charge >= 0.3 is 8.80 Å². The van der Waals surface area contributed by atoms with Crippen LogP contribution in [-0.4, -0.2) is 37.2 Å². The van der Waals surface area contributed by atoms with Crippen LogP contribution in [0.5, 0.6) is 5.75 Å². The highest BCUT2D eigenvalue weighted by Gasteiger charge is 2.40. The standard InChI is InChI=1S/C14H18O4Si/c1-15-13-7-5-12-10-14(8-6-11(12)9-13)19(16-2,17-3)18-4/h5-10H,1-4H3. The minimum absolute atomic E-state index is 0.842. The van der Waals surface area contributed by atoms with Crippen LogP contribution < -0.4 is 9.92 Å². The normalized spacial score (nSPS) is 11.8. The molecule has 2 rings (SSSR count). The molecular formula is C14H18O4Si. The zero-order valence-corrected chi connectivity index (χ0v) is 12.6. The molecule has 102 valence electrons. The fourth-order valence-electron chi connectivity index (χ4n) is 2.14. The van der Waals surface area contributed by atoms with Crippen LogP contribution in [0.3, 0.4) is 0 Å². The lowest BCUT2D eigenvalue weighted by Crippen LogP contribution is -2.54. The summed E-state index contributed by atoms with van der Waals surface area (Å²) in [7, 11) is 3.72. The van der Waals surface area contributed by atoms with Crippen molar-refractivity contribution in [3.8, 4) is 5.75 Å². The van der Waals surface area contributed by atoms with Gasteiger partial charge in [0.1, 0.15) is 5.75 Å². The van der Waals surface area contributed by atoms with E-state index in [-0.39, 0.29) is 0 Å². The lowest BCUT2D eigenvalue weighted by Gasteiger charge is -2.24. The molecule has 5 heteroatoms. The van der Waals surface area contributed by atoms with Crippen LogP contribution in [0.15, 0.2) is 36.4 Å². The maximum Gasteiger partial charge on any atom is 0.536 e. The second kappa shape index (κ2) is 5.71. The maximum absolute atomic E-state index is 5.49. The first-order chi connectivity index (χ1) is 9.19. The summed E-state index contributed by atoms with van der Waals surface area (Å²) in [5.74, 6) is 0.842. The van der Waals surface area contributed by atoms with Crippen LogP contribution in [-0.2, 0) is 13.3 Å². The first-order valence-electron chi connectivity index (χ1n) is 5.93. The molecule has 0 aliphatic carbocycles. The zero-order valence-electron chi connectivity index (χ0n) is 11.6. The van der Waals surface area contributed by atoms with E-state index in [1.54, 1.807) is 28.4 Å². The third-order valence-corrected chi connectivity index (χ3v) is 5.84. The summed E-state index contributed by atoms with van der Waals surface area (Å²) in [6.45, 7) is 0. The van der Waals surface area contributed by atoms with E-state index in [9.17, 15) is 0 Å². The Morgan fingerprint density at radius 3 is 1.89 bits per heavy atom. The molecule has 0 N–H and O–H groups in total. The maximum atomic E-state index is 5.49. The Labute approximate surface area is 114 Å². The zero-order chi connectivity index (χ0) is 13.9. The van der Waals surface area contributed by atoms with Gasteiger partial charge in [0.25, 0.3) is 0 Å². The Hall–Kier alpha value is -1.40. The second-order valence-corrected chi connectivity index (χ2v) is 7.01. The Balaban J connectivity index is 2.52.